The largest absolute Gasteiger partial charge is 0.315 e. The Bertz CT molecular complexity index is 341. The minimum Gasteiger partial charge on any atom is -0.315 e. The molecule has 2 aliphatic heterocycles. The van der Waals surface area contributed by atoms with E-state index >= 15 is 0 Å². The molecule has 0 radical (unpaired) electrons. The van der Waals surface area contributed by atoms with Crippen LogP contribution in [0, 0.1) is 0 Å². The molecule has 3 rings (SSSR count). The molecule has 0 aromatic carbocycles. The molecule has 1 fully saturated rings. The highest BCUT2D eigenvalue weighted by Gasteiger charge is 2.27. The minimum absolute atomic E-state index is 0.597. The summed E-state index contributed by atoms with van der Waals surface area (Å²) in [6.07, 6.45) is 0. The monoisotopic (exact) mass is 193 g/mol. The van der Waals surface area contributed by atoms with Crippen molar-refractivity contribution < 1.29 is 0 Å². The lowest BCUT2D eigenvalue weighted by molar-refractivity contribution is 0.258. The van der Waals surface area contributed by atoms with Crippen LogP contribution in [0.25, 0.3) is 0 Å². The van der Waals surface area contributed by atoms with Crippen molar-refractivity contribution >= 4 is 0 Å². The molecule has 1 aromatic heterocycles. The number of fused-ring (bicyclic) bond motifs is 1. The summed E-state index contributed by atoms with van der Waals surface area (Å²) in [5.74, 6) is 2.91. The molecule has 1 aromatic rings. The van der Waals surface area contributed by atoms with Gasteiger partial charge in [-0.3, -0.25) is 4.90 Å². The summed E-state index contributed by atoms with van der Waals surface area (Å²) < 4.78 is 2.30. The van der Waals surface area contributed by atoms with E-state index < -0.39 is 0 Å². The third kappa shape index (κ3) is 1.16. The standard InChI is InChI=1S/C9H15N5/c1-13-2-3-14-8(6-13)11-12-9(14)7-4-10-5-7/h7,10H,2-6H2,1H3. The Labute approximate surface area is 83.1 Å². The van der Waals surface area contributed by atoms with Gasteiger partial charge in [0.2, 0.25) is 0 Å². The summed E-state index contributed by atoms with van der Waals surface area (Å²) in [5, 5.41) is 11.8. The molecule has 14 heavy (non-hydrogen) atoms. The van der Waals surface area contributed by atoms with Crippen LogP contribution in [0.15, 0.2) is 0 Å². The molecule has 0 unspecified atom stereocenters. The number of rotatable bonds is 1. The van der Waals surface area contributed by atoms with Gasteiger partial charge in [-0.2, -0.15) is 0 Å². The Morgan fingerprint density at radius 2 is 2.14 bits per heavy atom. The first-order chi connectivity index (χ1) is 6.84. The first kappa shape index (κ1) is 8.38. The maximum absolute atomic E-state index is 4.30. The number of nitrogens with one attached hydrogen (secondary N) is 1. The van der Waals surface area contributed by atoms with Crippen LogP contribution in [-0.2, 0) is 13.1 Å². The SMILES string of the molecule is CN1CCn2c(nnc2C2CNC2)C1. The van der Waals surface area contributed by atoms with Crippen LogP contribution in [0.1, 0.15) is 17.6 Å². The molecule has 2 aliphatic rings. The van der Waals surface area contributed by atoms with Gasteiger partial charge >= 0.3 is 0 Å². The molecule has 3 heterocycles. The average Bonchev–Trinajstić information content (AvgIpc) is 2.45. The Kier molecular flexibility index (Phi) is 1.81. The normalized spacial score (nSPS) is 23.2. The van der Waals surface area contributed by atoms with Crippen LogP contribution >= 0.6 is 0 Å². The van der Waals surface area contributed by atoms with E-state index in [4.69, 9.17) is 0 Å². The molecule has 5 nitrogen and oxygen atoms in total. The van der Waals surface area contributed by atoms with Crippen molar-refractivity contribution in [1.29, 1.82) is 0 Å². The van der Waals surface area contributed by atoms with Gasteiger partial charge in [-0.1, -0.05) is 0 Å². The van der Waals surface area contributed by atoms with Crippen molar-refractivity contribution in [2.24, 2.45) is 0 Å². The second-order valence-electron chi connectivity index (χ2n) is 4.22. The first-order valence-corrected chi connectivity index (χ1v) is 5.16. The number of hydrogen-bond donors (Lipinski definition) is 1. The summed E-state index contributed by atoms with van der Waals surface area (Å²) >= 11 is 0. The maximum atomic E-state index is 4.30. The van der Waals surface area contributed by atoms with Gasteiger partial charge in [-0.05, 0) is 7.05 Å². The van der Waals surface area contributed by atoms with Crippen LogP contribution in [0.4, 0.5) is 0 Å². The van der Waals surface area contributed by atoms with E-state index in [9.17, 15) is 0 Å². The summed E-state index contributed by atoms with van der Waals surface area (Å²) in [6.45, 7) is 5.22. The van der Waals surface area contributed by atoms with Crippen molar-refractivity contribution in [1.82, 2.24) is 25.0 Å². The van der Waals surface area contributed by atoms with Crippen LogP contribution < -0.4 is 5.32 Å². The Hall–Kier alpha value is -0.940. The van der Waals surface area contributed by atoms with Gasteiger partial charge in [0.25, 0.3) is 0 Å². The van der Waals surface area contributed by atoms with E-state index in [2.05, 4.69) is 32.0 Å². The van der Waals surface area contributed by atoms with Crippen molar-refractivity contribution in [2.45, 2.75) is 19.0 Å². The molecule has 5 heteroatoms. The highest BCUT2D eigenvalue weighted by molar-refractivity contribution is 5.08. The lowest BCUT2D eigenvalue weighted by Gasteiger charge is -2.29. The molecule has 1 saturated heterocycles. The third-order valence-corrected chi connectivity index (χ3v) is 3.12. The van der Waals surface area contributed by atoms with Crippen LogP contribution in [-0.4, -0.2) is 46.3 Å². The first-order valence-electron chi connectivity index (χ1n) is 5.16. The van der Waals surface area contributed by atoms with Gasteiger partial charge in [0.05, 0.1) is 6.54 Å². The van der Waals surface area contributed by atoms with Gasteiger partial charge < -0.3 is 9.88 Å². The molecular weight excluding hydrogens is 178 g/mol. The lowest BCUT2D eigenvalue weighted by Crippen LogP contribution is -2.42. The van der Waals surface area contributed by atoms with Crippen molar-refractivity contribution in [3.63, 3.8) is 0 Å². The molecule has 0 saturated carbocycles. The highest BCUT2D eigenvalue weighted by atomic mass is 15.3. The minimum atomic E-state index is 0.597. The van der Waals surface area contributed by atoms with Gasteiger partial charge in [0, 0.05) is 32.1 Å². The summed E-state index contributed by atoms with van der Waals surface area (Å²) in [6, 6.07) is 0. The van der Waals surface area contributed by atoms with E-state index in [0.29, 0.717) is 5.92 Å². The fraction of sp³-hybridized carbons (Fsp3) is 0.778. The molecular formula is C9H15N5. The van der Waals surface area contributed by atoms with Crippen LogP contribution in [0.5, 0.6) is 0 Å². The topological polar surface area (TPSA) is 46.0 Å². The molecule has 0 spiro atoms. The highest BCUT2D eigenvalue weighted by Crippen LogP contribution is 2.20. The number of hydrogen-bond acceptors (Lipinski definition) is 4. The van der Waals surface area contributed by atoms with E-state index in [1.54, 1.807) is 0 Å². The van der Waals surface area contributed by atoms with Gasteiger partial charge in [-0.25, -0.2) is 0 Å². The Morgan fingerprint density at radius 1 is 1.29 bits per heavy atom. The predicted molar refractivity (Wildman–Crippen MR) is 52.0 cm³/mol. The summed E-state index contributed by atoms with van der Waals surface area (Å²) in [4.78, 5) is 2.28. The van der Waals surface area contributed by atoms with Gasteiger partial charge in [0.15, 0.2) is 0 Å². The summed E-state index contributed by atoms with van der Waals surface area (Å²) in [5.41, 5.74) is 0. The zero-order chi connectivity index (χ0) is 9.54. The number of aromatic nitrogens is 3. The van der Waals surface area contributed by atoms with Crippen LogP contribution in [0.3, 0.4) is 0 Å². The zero-order valence-electron chi connectivity index (χ0n) is 8.40. The molecule has 0 bridgehead atoms. The second-order valence-corrected chi connectivity index (χ2v) is 4.22. The van der Waals surface area contributed by atoms with Crippen molar-refractivity contribution in [3.05, 3.63) is 11.6 Å². The van der Waals surface area contributed by atoms with E-state index in [0.717, 1.165) is 38.5 Å². The fourth-order valence-electron chi connectivity index (χ4n) is 2.07. The Morgan fingerprint density at radius 3 is 2.86 bits per heavy atom. The zero-order valence-corrected chi connectivity index (χ0v) is 8.40. The smallest absolute Gasteiger partial charge is 0.147 e. The van der Waals surface area contributed by atoms with E-state index in [1.165, 1.54) is 5.82 Å². The third-order valence-electron chi connectivity index (χ3n) is 3.12. The van der Waals surface area contributed by atoms with E-state index in [-0.39, 0.29) is 0 Å². The molecule has 0 aliphatic carbocycles. The van der Waals surface area contributed by atoms with Crippen LogP contribution in [0.2, 0.25) is 0 Å². The second kappa shape index (κ2) is 3.03. The van der Waals surface area contributed by atoms with E-state index in [1.807, 2.05) is 0 Å². The maximum Gasteiger partial charge on any atom is 0.147 e. The Balaban J connectivity index is 1.91. The number of nitrogens with zero attached hydrogens (tertiary/aromatic N) is 4. The summed E-state index contributed by atoms with van der Waals surface area (Å²) in [7, 11) is 2.13. The quantitative estimate of drug-likeness (QED) is 0.647. The van der Waals surface area contributed by atoms with Crippen molar-refractivity contribution in [3.8, 4) is 0 Å². The number of likely N-dealkylation sites (N-methyl/N-ethyl adjacent to an activating group) is 1. The predicted octanol–water partition coefficient (Wildman–Crippen LogP) is -0.590. The molecule has 0 atom stereocenters. The lowest BCUT2D eigenvalue weighted by atomic mass is 10.0. The average molecular weight is 193 g/mol. The fourth-order valence-corrected chi connectivity index (χ4v) is 2.07. The van der Waals surface area contributed by atoms with Gasteiger partial charge in [-0.15, -0.1) is 10.2 Å². The molecule has 1 N–H and O–H groups in total. The molecule has 0 amide bonds. The molecule has 76 valence electrons. The van der Waals surface area contributed by atoms with Gasteiger partial charge in [0.1, 0.15) is 11.6 Å². The van der Waals surface area contributed by atoms with Crippen molar-refractivity contribution in [2.75, 3.05) is 26.7 Å².